The summed E-state index contributed by atoms with van der Waals surface area (Å²) < 4.78 is 29.9. The Morgan fingerprint density at radius 2 is 1.80 bits per heavy atom. The highest BCUT2D eigenvalue weighted by Gasteiger charge is 2.17. The van der Waals surface area contributed by atoms with Gasteiger partial charge in [0.2, 0.25) is 10.0 Å². The molecule has 8 heteroatoms. The van der Waals surface area contributed by atoms with Crippen molar-refractivity contribution in [1.29, 1.82) is 0 Å². The summed E-state index contributed by atoms with van der Waals surface area (Å²) in [7, 11) is -2.08. The van der Waals surface area contributed by atoms with Crippen LogP contribution in [-0.2, 0) is 16.4 Å². The number of hydrogen-bond acceptors (Lipinski definition) is 4. The molecule has 0 aliphatic rings. The van der Waals surface area contributed by atoms with Gasteiger partial charge in [0.15, 0.2) is 0 Å². The smallest absolute Gasteiger partial charge is 0.253 e. The Balaban J connectivity index is 1.69. The molecule has 0 spiro atoms. The van der Waals surface area contributed by atoms with E-state index in [2.05, 4.69) is 5.32 Å². The van der Waals surface area contributed by atoms with Crippen LogP contribution >= 0.6 is 0 Å². The molecule has 30 heavy (non-hydrogen) atoms. The first kappa shape index (κ1) is 21.6. The maximum atomic E-state index is 12.7. The average Bonchev–Trinajstić information content (AvgIpc) is 3.02. The quantitative estimate of drug-likeness (QED) is 0.605. The third kappa shape index (κ3) is 4.72. The third-order valence-corrected chi connectivity index (χ3v) is 5.87. The van der Waals surface area contributed by atoms with Gasteiger partial charge in [-0.1, -0.05) is 18.2 Å². The Hall–Kier alpha value is -3.10. The molecule has 1 amide bonds. The van der Waals surface area contributed by atoms with Crippen LogP contribution in [0.15, 0.2) is 59.5 Å². The van der Waals surface area contributed by atoms with Gasteiger partial charge in [0.1, 0.15) is 5.75 Å². The van der Waals surface area contributed by atoms with E-state index in [1.54, 1.807) is 19.2 Å². The molecule has 0 radical (unpaired) electrons. The minimum atomic E-state index is -3.70. The number of carbonyl (C=O) groups excluding carboxylic acids is 1. The zero-order valence-corrected chi connectivity index (χ0v) is 18.0. The van der Waals surface area contributed by atoms with Crippen LogP contribution in [0.1, 0.15) is 27.3 Å². The summed E-state index contributed by atoms with van der Waals surface area (Å²) in [4.78, 5) is 12.8. The molecule has 0 saturated heterocycles. The molecule has 0 atom stereocenters. The van der Waals surface area contributed by atoms with Gasteiger partial charge in [0.05, 0.1) is 17.6 Å². The van der Waals surface area contributed by atoms with Crippen LogP contribution in [0, 0.1) is 13.8 Å². The first-order valence-corrected chi connectivity index (χ1v) is 11.0. The van der Waals surface area contributed by atoms with Crippen molar-refractivity contribution in [2.75, 3.05) is 13.7 Å². The number of hydrogen-bond donors (Lipinski definition) is 2. The number of rotatable bonds is 7. The zero-order valence-electron chi connectivity index (χ0n) is 17.2. The standard InChI is InChI=1S/C22H25N3O4S/c1-15-13-21(16(2)25(15)18-5-4-6-19(14-18)29-3)22(26)24-12-11-17-7-9-20(10-8-17)30(23,27)28/h4-10,13-14H,11-12H2,1-3H3,(H,24,26)(H2,23,27,28). The van der Waals surface area contributed by atoms with Crippen molar-refractivity contribution in [2.45, 2.75) is 25.2 Å². The molecule has 1 heterocycles. The van der Waals surface area contributed by atoms with Gasteiger partial charge in [-0.25, -0.2) is 13.6 Å². The largest absolute Gasteiger partial charge is 0.497 e. The van der Waals surface area contributed by atoms with Crippen LogP contribution in [0.2, 0.25) is 0 Å². The number of nitrogens with zero attached hydrogens (tertiary/aromatic N) is 1. The van der Waals surface area contributed by atoms with Crippen molar-refractivity contribution in [3.05, 3.63) is 77.1 Å². The number of ether oxygens (including phenoxy) is 1. The van der Waals surface area contributed by atoms with E-state index >= 15 is 0 Å². The third-order valence-electron chi connectivity index (χ3n) is 4.94. The van der Waals surface area contributed by atoms with E-state index in [9.17, 15) is 13.2 Å². The average molecular weight is 428 g/mol. The number of nitrogens with one attached hydrogen (secondary N) is 1. The van der Waals surface area contributed by atoms with Gasteiger partial charge in [0, 0.05) is 29.7 Å². The SMILES string of the molecule is COc1cccc(-n2c(C)cc(C(=O)NCCc3ccc(S(N)(=O)=O)cc3)c2C)c1. The summed E-state index contributed by atoms with van der Waals surface area (Å²) in [5, 5.41) is 8.03. The van der Waals surface area contributed by atoms with Crippen LogP contribution in [0.3, 0.4) is 0 Å². The second kappa shape index (κ2) is 8.73. The van der Waals surface area contributed by atoms with Crippen molar-refractivity contribution in [3.63, 3.8) is 0 Å². The van der Waals surface area contributed by atoms with E-state index in [0.717, 1.165) is 28.4 Å². The molecule has 3 aromatic rings. The van der Waals surface area contributed by atoms with Crippen molar-refractivity contribution in [1.82, 2.24) is 9.88 Å². The normalized spacial score (nSPS) is 11.3. The lowest BCUT2D eigenvalue weighted by Gasteiger charge is -2.11. The van der Waals surface area contributed by atoms with E-state index in [-0.39, 0.29) is 10.8 Å². The number of sulfonamides is 1. The second-order valence-electron chi connectivity index (χ2n) is 7.02. The Labute approximate surface area is 176 Å². The van der Waals surface area contributed by atoms with Crippen LogP contribution in [0.25, 0.3) is 5.69 Å². The topological polar surface area (TPSA) is 103 Å². The van der Waals surface area contributed by atoms with Gasteiger partial charge in [0.25, 0.3) is 5.91 Å². The van der Waals surface area contributed by atoms with Crippen LogP contribution in [0.5, 0.6) is 5.75 Å². The van der Waals surface area contributed by atoms with Crippen LogP contribution in [0.4, 0.5) is 0 Å². The number of aryl methyl sites for hydroxylation is 1. The van der Waals surface area contributed by atoms with Gasteiger partial charge in [-0.2, -0.15) is 0 Å². The van der Waals surface area contributed by atoms with Gasteiger partial charge in [-0.15, -0.1) is 0 Å². The lowest BCUT2D eigenvalue weighted by atomic mass is 10.1. The minimum absolute atomic E-state index is 0.0697. The van der Waals surface area contributed by atoms with Crippen molar-refractivity contribution in [2.24, 2.45) is 5.14 Å². The summed E-state index contributed by atoms with van der Waals surface area (Å²) in [6.07, 6.45) is 0.575. The lowest BCUT2D eigenvalue weighted by molar-refractivity contribution is 0.0953. The fraction of sp³-hybridized carbons (Fsp3) is 0.227. The number of primary sulfonamides is 1. The van der Waals surface area contributed by atoms with Crippen molar-refractivity contribution >= 4 is 15.9 Å². The monoisotopic (exact) mass is 427 g/mol. The van der Waals surface area contributed by atoms with Gasteiger partial charge in [-0.3, -0.25) is 4.79 Å². The maximum absolute atomic E-state index is 12.7. The molecule has 0 aliphatic carbocycles. The molecule has 1 aromatic heterocycles. The van der Waals surface area contributed by atoms with E-state index in [0.29, 0.717) is 18.5 Å². The summed E-state index contributed by atoms with van der Waals surface area (Å²) in [6, 6.07) is 15.9. The number of nitrogens with two attached hydrogens (primary N) is 1. The van der Waals surface area contributed by atoms with E-state index in [1.165, 1.54) is 12.1 Å². The lowest BCUT2D eigenvalue weighted by Crippen LogP contribution is -2.26. The summed E-state index contributed by atoms with van der Waals surface area (Å²) >= 11 is 0. The first-order valence-electron chi connectivity index (χ1n) is 9.44. The molecule has 0 bridgehead atoms. The molecule has 3 rings (SSSR count). The predicted octanol–water partition coefficient (Wildman–Crippen LogP) is 2.72. The number of aromatic nitrogens is 1. The minimum Gasteiger partial charge on any atom is -0.497 e. The van der Waals surface area contributed by atoms with E-state index in [1.807, 2.05) is 48.7 Å². The van der Waals surface area contributed by atoms with Gasteiger partial charge >= 0.3 is 0 Å². The maximum Gasteiger partial charge on any atom is 0.253 e. The highest BCUT2D eigenvalue weighted by molar-refractivity contribution is 7.89. The first-order chi connectivity index (χ1) is 14.2. The molecule has 0 saturated carbocycles. The van der Waals surface area contributed by atoms with Crippen LogP contribution < -0.4 is 15.2 Å². The molecule has 0 aliphatic heterocycles. The number of methoxy groups -OCH3 is 1. The highest BCUT2D eigenvalue weighted by Crippen LogP contribution is 2.23. The van der Waals surface area contributed by atoms with Crippen molar-refractivity contribution < 1.29 is 17.9 Å². The Kier molecular flexibility index (Phi) is 6.28. The fourth-order valence-corrected chi connectivity index (χ4v) is 3.92. The Morgan fingerprint density at radius 1 is 1.10 bits per heavy atom. The summed E-state index contributed by atoms with van der Waals surface area (Å²) in [5.41, 5.74) is 4.24. The molecule has 158 valence electrons. The highest BCUT2D eigenvalue weighted by atomic mass is 32.2. The van der Waals surface area contributed by atoms with Gasteiger partial charge in [-0.05, 0) is 56.2 Å². The summed E-state index contributed by atoms with van der Waals surface area (Å²) in [5.74, 6) is 0.595. The van der Waals surface area contributed by atoms with Gasteiger partial charge < -0.3 is 14.6 Å². The van der Waals surface area contributed by atoms with E-state index < -0.39 is 10.0 Å². The molecule has 0 fully saturated rings. The second-order valence-corrected chi connectivity index (χ2v) is 8.58. The number of benzene rings is 2. The Morgan fingerprint density at radius 3 is 2.43 bits per heavy atom. The van der Waals surface area contributed by atoms with Crippen molar-refractivity contribution in [3.8, 4) is 11.4 Å². The predicted molar refractivity (Wildman–Crippen MR) is 116 cm³/mol. The fourth-order valence-electron chi connectivity index (χ4n) is 3.40. The van der Waals surface area contributed by atoms with E-state index in [4.69, 9.17) is 9.88 Å². The molecule has 3 N–H and O–H groups in total. The molecular formula is C22H25N3O4S. The van der Waals surface area contributed by atoms with Crippen LogP contribution in [-0.4, -0.2) is 32.5 Å². The molecule has 7 nitrogen and oxygen atoms in total. The molecule has 2 aromatic carbocycles. The Bertz CT molecular complexity index is 1170. The zero-order chi connectivity index (χ0) is 21.9. The molecular weight excluding hydrogens is 402 g/mol. The summed E-state index contributed by atoms with van der Waals surface area (Å²) in [6.45, 7) is 4.29. The molecule has 0 unspecified atom stereocenters. The number of amides is 1. The number of carbonyl (C=O) groups is 1.